The number of esters is 1. The summed E-state index contributed by atoms with van der Waals surface area (Å²) in [5.41, 5.74) is 2.19. The topological polar surface area (TPSA) is 105 Å². The normalized spacial score (nSPS) is 23.5. The van der Waals surface area contributed by atoms with Crippen molar-refractivity contribution in [2.24, 2.45) is 0 Å². The lowest BCUT2D eigenvalue weighted by atomic mass is 9.80. The predicted molar refractivity (Wildman–Crippen MR) is 153 cm³/mol. The van der Waals surface area contributed by atoms with Crippen LogP contribution in [0.5, 0.6) is 0 Å². The van der Waals surface area contributed by atoms with E-state index in [2.05, 4.69) is 0 Å². The van der Waals surface area contributed by atoms with Crippen LogP contribution in [0.15, 0.2) is 121 Å². The van der Waals surface area contributed by atoms with E-state index in [0.29, 0.717) is 0 Å². The summed E-state index contributed by atoms with van der Waals surface area (Å²) in [4.78, 5) is 12.9. The van der Waals surface area contributed by atoms with Crippen molar-refractivity contribution in [2.75, 3.05) is 6.61 Å². The Bertz CT molecular complexity index is 1290. The van der Waals surface area contributed by atoms with E-state index in [1.165, 1.54) is 0 Å². The number of carbonyl (C=O) groups excluding carboxylic acids is 1. The zero-order chi connectivity index (χ0) is 28.8. The maximum absolute atomic E-state index is 12.9. The van der Waals surface area contributed by atoms with Crippen molar-refractivity contribution in [2.45, 2.75) is 49.1 Å². The van der Waals surface area contributed by atoms with Gasteiger partial charge >= 0.3 is 5.97 Å². The number of hydrogen-bond donors (Lipinski definition) is 3. The summed E-state index contributed by atoms with van der Waals surface area (Å²) >= 11 is 0. The monoisotopic (exact) mass is 554 g/mol. The molecule has 0 amide bonds. The molecule has 0 unspecified atom stereocenters. The van der Waals surface area contributed by atoms with Gasteiger partial charge in [0.2, 0.25) is 6.29 Å². The molecule has 1 saturated heterocycles. The third-order valence-corrected chi connectivity index (χ3v) is 7.56. The number of benzene rings is 4. The second kappa shape index (κ2) is 12.8. The maximum Gasteiger partial charge on any atom is 0.315 e. The zero-order valence-electron chi connectivity index (χ0n) is 22.7. The molecule has 1 fully saturated rings. The molecule has 0 aliphatic carbocycles. The summed E-state index contributed by atoms with van der Waals surface area (Å²) < 4.78 is 18.2. The first kappa shape index (κ1) is 28.7. The first-order valence-electron chi connectivity index (χ1n) is 13.7. The van der Waals surface area contributed by atoms with Gasteiger partial charge in [-0.3, -0.25) is 4.79 Å². The van der Waals surface area contributed by atoms with Crippen molar-refractivity contribution in [1.82, 2.24) is 0 Å². The fraction of sp³-hybridized carbons (Fsp3) is 0.265. The molecule has 1 heterocycles. The molecule has 7 heteroatoms. The van der Waals surface area contributed by atoms with Gasteiger partial charge in [0.05, 0.1) is 12.5 Å². The first-order chi connectivity index (χ1) is 19.9. The number of rotatable bonds is 9. The predicted octanol–water partition coefficient (Wildman–Crippen LogP) is 4.15. The van der Waals surface area contributed by atoms with Crippen LogP contribution in [-0.2, 0) is 24.6 Å². The van der Waals surface area contributed by atoms with Crippen LogP contribution in [0, 0.1) is 0 Å². The van der Waals surface area contributed by atoms with Gasteiger partial charge in [0.15, 0.2) is 0 Å². The van der Waals surface area contributed by atoms with Crippen LogP contribution >= 0.6 is 0 Å². The van der Waals surface area contributed by atoms with Crippen LogP contribution < -0.4 is 0 Å². The first-order valence-corrected chi connectivity index (χ1v) is 13.7. The Morgan fingerprint density at radius 3 is 1.61 bits per heavy atom. The average molecular weight is 555 g/mol. The van der Waals surface area contributed by atoms with E-state index >= 15 is 0 Å². The highest BCUT2D eigenvalue weighted by molar-refractivity contribution is 5.77. The molecule has 6 atom stereocenters. The van der Waals surface area contributed by atoms with Gasteiger partial charge in [-0.05, 0) is 29.2 Å². The average Bonchev–Trinajstić information content (AvgIpc) is 3.03. The van der Waals surface area contributed by atoms with Gasteiger partial charge in [0, 0.05) is 0 Å². The summed E-state index contributed by atoms with van der Waals surface area (Å²) in [5.74, 6) is -1.26. The molecule has 0 spiro atoms. The summed E-state index contributed by atoms with van der Waals surface area (Å²) in [5, 5.41) is 32.2. The number of carbonyl (C=O) groups is 1. The van der Waals surface area contributed by atoms with Gasteiger partial charge in [-0.15, -0.1) is 0 Å². The molecule has 0 saturated carbocycles. The second-order valence-corrected chi connectivity index (χ2v) is 10.2. The van der Waals surface area contributed by atoms with Crippen LogP contribution in [0.25, 0.3) is 0 Å². The molecule has 1 aliphatic rings. The van der Waals surface area contributed by atoms with E-state index in [-0.39, 0.29) is 6.61 Å². The van der Waals surface area contributed by atoms with Crippen molar-refractivity contribution in [3.05, 3.63) is 144 Å². The molecule has 0 aromatic heterocycles. The lowest BCUT2D eigenvalue weighted by Crippen LogP contribution is -2.60. The Kier molecular flexibility index (Phi) is 8.93. The minimum absolute atomic E-state index is 0.189. The van der Waals surface area contributed by atoms with E-state index < -0.39 is 48.2 Å². The zero-order valence-corrected chi connectivity index (χ0v) is 22.7. The van der Waals surface area contributed by atoms with Gasteiger partial charge in [-0.2, -0.15) is 0 Å². The molecule has 0 radical (unpaired) electrons. The third kappa shape index (κ3) is 5.95. The highest BCUT2D eigenvalue weighted by Gasteiger charge is 2.47. The molecule has 4 aromatic carbocycles. The van der Waals surface area contributed by atoms with Gasteiger partial charge < -0.3 is 29.5 Å². The molecule has 41 heavy (non-hydrogen) atoms. The SMILES string of the molecule is C[C@H](C(=O)O[C@@H]1O[C@H](COC(c2ccccc2)(c2ccccc2)c2ccccc2)[C@@H](O)[C@H](O)[C@H]1O)c1ccccc1. The van der Waals surface area contributed by atoms with Crippen molar-refractivity contribution in [1.29, 1.82) is 0 Å². The Morgan fingerprint density at radius 2 is 1.15 bits per heavy atom. The van der Waals surface area contributed by atoms with Crippen molar-refractivity contribution < 1.29 is 34.3 Å². The second-order valence-electron chi connectivity index (χ2n) is 10.2. The van der Waals surface area contributed by atoms with Crippen LogP contribution in [0.3, 0.4) is 0 Å². The van der Waals surface area contributed by atoms with Gasteiger partial charge in [0.1, 0.15) is 30.0 Å². The summed E-state index contributed by atoms with van der Waals surface area (Å²) in [6, 6.07) is 38.2. The fourth-order valence-electron chi connectivity index (χ4n) is 5.22. The Hall–Kier alpha value is -3.85. The highest BCUT2D eigenvalue weighted by atomic mass is 16.7. The smallest absolute Gasteiger partial charge is 0.315 e. The van der Waals surface area contributed by atoms with Crippen LogP contribution in [-0.4, -0.2) is 58.6 Å². The summed E-state index contributed by atoms with van der Waals surface area (Å²) in [6.45, 7) is 1.50. The lowest BCUT2D eigenvalue weighted by molar-refractivity contribution is -0.297. The summed E-state index contributed by atoms with van der Waals surface area (Å²) in [6.07, 6.45) is -7.38. The fourth-order valence-corrected chi connectivity index (χ4v) is 5.22. The minimum Gasteiger partial charge on any atom is -0.432 e. The Balaban J connectivity index is 1.43. The van der Waals surface area contributed by atoms with Crippen LogP contribution in [0.4, 0.5) is 0 Å². The molecule has 4 aromatic rings. The van der Waals surface area contributed by atoms with E-state index in [4.69, 9.17) is 14.2 Å². The molecular formula is C34H34O7. The molecule has 5 rings (SSSR count). The highest BCUT2D eigenvalue weighted by Crippen LogP contribution is 2.41. The number of aliphatic hydroxyl groups is 3. The molecule has 3 N–H and O–H groups in total. The number of ether oxygens (including phenoxy) is 3. The molecule has 0 bridgehead atoms. The number of hydrogen-bond acceptors (Lipinski definition) is 7. The van der Waals surface area contributed by atoms with Crippen LogP contribution in [0.2, 0.25) is 0 Å². The van der Waals surface area contributed by atoms with Gasteiger partial charge in [-0.25, -0.2) is 0 Å². The maximum atomic E-state index is 12.9. The molecular weight excluding hydrogens is 520 g/mol. The molecule has 212 valence electrons. The van der Waals surface area contributed by atoms with E-state index in [1.807, 2.05) is 109 Å². The van der Waals surface area contributed by atoms with Gasteiger partial charge in [-0.1, -0.05) is 121 Å². The lowest BCUT2D eigenvalue weighted by Gasteiger charge is -2.42. The minimum atomic E-state index is -1.64. The largest absolute Gasteiger partial charge is 0.432 e. The third-order valence-electron chi connectivity index (χ3n) is 7.56. The Labute approximate surface area is 239 Å². The van der Waals surface area contributed by atoms with E-state index in [9.17, 15) is 20.1 Å². The van der Waals surface area contributed by atoms with Crippen molar-refractivity contribution in [3.63, 3.8) is 0 Å². The van der Waals surface area contributed by atoms with E-state index in [0.717, 1.165) is 22.3 Å². The quantitative estimate of drug-likeness (QED) is 0.211. The van der Waals surface area contributed by atoms with Gasteiger partial charge in [0.25, 0.3) is 0 Å². The van der Waals surface area contributed by atoms with Crippen molar-refractivity contribution >= 4 is 5.97 Å². The molecule has 7 nitrogen and oxygen atoms in total. The van der Waals surface area contributed by atoms with Crippen molar-refractivity contribution in [3.8, 4) is 0 Å². The standard InChI is InChI=1S/C34H34O7/c1-23(24-14-6-2-7-15-24)32(38)41-33-31(37)30(36)29(35)28(40-33)22-39-34(25-16-8-3-9-17-25,26-18-10-4-11-19-26)27-20-12-5-13-21-27/h2-21,23,28-31,33,35-37H,22H2,1H3/t23-,28+,29+,30-,31+,33-/m0/s1. The summed E-state index contributed by atoms with van der Waals surface area (Å²) in [7, 11) is 0. The van der Waals surface area contributed by atoms with E-state index in [1.54, 1.807) is 19.1 Å². The Morgan fingerprint density at radius 1 is 0.707 bits per heavy atom. The number of aliphatic hydroxyl groups excluding tert-OH is 3. The van der Waals surface area contributed by atoms with Crippen LogP contribution in [0.1, 0.15) is 35.1 Å². The molecule has 1 aliphatic heterocycles.